The fraction of sp³-hybridized carbons (Fsp3) is 0.750. The van der Waals surface area contributed by atoms with Crippen molar-refractivity contribution in [1.82, 2.24) is 5.32 Å². The van der Waals surface area contributed by atoms with Crippen LogP contribution < -0.4 is 5.32 Å². The van der Waals surface area contributed by atoms with Gasteiger partial charge in [-0.15, -0.1) is 0 Å². The molecule has 1 aromatic rings. The van der Waals surface area contributed by atoms with Crippen molar-refractivity contribution in [1.29, 1.82) is 0 Å². The van der Waals surface area contributed by atoms with E-state index in [9.17, 15) is 0 Å². The van der Waals surface area contributed by atoms with Gasteiger partial charge < -0.3 is 19.2 Å². The smallest absolute Gasteiger partial charge is 0.103 e. The van der Waals surface area contributed by atoms with Crippen molar-refractivity contribution in [3.05, 3.63) is 24.2 Å². The molecular formula is C16H25NO3. The Morgan fingerprint density at radius 1 is 1.25 bits per heavy atom. The highest BCUT2D eigenvalue weighted by atomic mass is 16.5. The Hall–Kier alpha value is -0.840. The zero-order valence-corrected chi connectivity index (χ0v) is 12.1. The predicted octanol–water partition coefficient (Wildman–Crippen LogP) is 2.53. The molecule has 3 rings (SSSR count). The molecule has 1 atom stereocenters. The summed E-state index contributed by atoms with van der Waals surface area (Å²) < 4.78 is 16.9. The molecule has 0 aliphatic carbocycles. The molecule has 0 unspecified atom stereocenters. The number of hydrogen-bond donors (Lipinski definition) is 1. The van der Waals surface area contributed by atoms with Gasteiger partial charge in [0, 0.05) is 32.3 Å². The molecule has 2 aliphatic rings. The molecule has 2 saturated heterocycles. The van der Waals surface area contributed by atoms with Crippen molar-refractivity contribution in [2.45, 2.75) is 50.2 Å². The quantitative estimate of drug-likeness (QED) is 0.841. The average Bonchev–Trinajstić information content (AvgIpc) is 2.98. The van der Waals surface area contributed by atoms with Gasteiger partial charge in [-0.1, -0.05) is 0 Å². The third-order valence-electron chi connectivity index (χ3n) is 4.51. The normalized spacial score (nSPS) is 25.9. The average molecular weight is 279 g/mol. The highest BCUT2D eigenvalue weighted by Crippen LogP contribution is 2.34. The number of nitrogens with one attached hydrogen (secondary N) is 1. The molecule has 2 aliphatic heterocycles. The van der Waals surface area contributed by atoms with E-state index < -0.39 is 0 Å². The minimum absolute atomic E-state index is 0.0924. The van der Waals surface area contributed by atoms with Crippen LogP contribution in [0, 0.1) is 0 Å². The van der Waals surface area contributed by atoms with Crippen LogP contribution in [0.4, 0.5) is 0 Å². The molecule has 4 heteroatoms. The minimum atomic E-state index is 0.0924. The Balaban J connectivity index is 1.39. The number of rotatable bonds is 5. The summed E-state index contributed by atoms with van der Waals surface area (Å²) in [5.41, 5.74) is 0.0924. The van der Waals surface area contributed by atoms with Crippen LogP contribution in [0.2, 0.25) is 0 Å². The lowest BCUT2D eigenvalue weighted by Crippen LogP contribution is -2.50. The van der Waals surface area contributed by atoms with E-state index >= 15 is 0 Å². The first-order valence-corrected chi connectivity index (χ1v) is 7.84. The summed E-state index contributed by atoms with van der Waals surface area (Å²) in [6.45, 7) is 3.64. The summed E-state index contributed by atoms with van der Waals surface area (Å²) >= 11 is 0. The van der Waals surface area contributed by atoms with E-state index in [1.807, 2.05) is 12.1 Å². The summed E-state index contributed by atoms with van der Waals surface area (Å²) in [5, 5.41) is 3.69. The van der Waals surface area contributed by atoms with Gasteiger partial charge >= 0.3 is 0 Å². The van der Waals surface area contributed by atoms with E-state index in [2.05, 4.69) is 5.32 Å². The van der Waals surface area contributed by atoms with Crippen LogP contribution in [0.1, 0.15) is 37.9 Å². The summed E-state index contributed by atoms with van der Waals surface area (Å²) in [7, 11) is 0. The van der Waals surface area contributed by atoms with Crippen molar-refractivity contribution >= 4 is 0 Å². The monoisotopic (exact) mass is 279 g/mol. The third kappa shape index (κ3) is 3.62. The molecule has 0 aromatic carbocycles. The van der Waals surface area contributed by atoms with Gasteiger partial charge in [0.05, 0.1) is 11.9 Å². The van der Waals surface area contributed by atoms with Gasteiger partial charge in [0.25, 0.3) is 0 Å². The zero-order chi connectivity index (χ0) is 13.7. The van der Waals surface area contributed by atoms with Gasteiger partial charge in [-0.3, -0.25) is 0 Å². The topological polar surface area (TPSA) is 43.6 Å². The SMILES string of the molecule is c1coc(CCCN[C@@H]2CCOC3(CCOCC3)C2)c1. The molecule has 0 saturated carbocycles. The molecule has 0 radical (unpaired) electrons. The summed E-state index contributed by atoms with van der Waals surface area (Å²) in [4.78, 5) is 0. The van der Waals surface area contributed by atoms with Gasteiger partial charge in [-0.25, -0.2) is 0 Å². The van der Waals surface area contributed by atoms with E-state index in [4.69, 9.17) is 13.9 Å². The molecule has 112 valence electrons. The second-order valence-electron chi connectivity index (χ2n) is 5.97. The maximum Gasteiger partial charge on any atom is 0.103 e. The van der Waals surface area contributed by atoms with Crippen LogP contribution in [-0.2, 0) is 15.9 Å². The summed E-state index contributed by atoms with van der Waals surface area (Å²) in [5.74, 6) is 1.08. The molecule has 3 heterocycles. The lowest BCUT2D eigenvalue weighted by molar-refractivity contribution is -0.140. The predicted molar refractivity (Wildman–Crippen MR) is 76.8 cm³/mol. The fourth-order valence-corrected chi connectivity index (χ4v) is 3.32. The highest BCUT2D eigenvalue weighted by Gasteiger charge is 2.38. The molecular weight excluding hydrogens is 254 g/mol. The lowest BCUT2D eigenvalue weighted by atomic mass is 9.84. The highest BCUT2D eigenvalue weighted by molar-refractivity contribution is 4.98. The van der Waals surface area contributed by atoms with Crippen LogP contribution in [0.15, 0.2) is 22.8 Å². The van der Waals surface area contributed by atoms with Crippen LogP contribution in [0.3, 0.4) is 0 Å². The Labute approximate surface area is 120 Å². The molecule has 0 bridgehead atoms. The Bertz CT molecular complexity index is 379. The van der Waals surface area contributed by atoms with E-state index in [0.717, 1.165) is 70.7 Å². The van der Waals surface area contributed by atoms with Gasteiger partial charge in [0.15, 0.2) is 0 Å². The van der Waals surface area contributed by atoms with Crippen molar-refractivity contribution in [2.75, 3.05) is 26.4 Å². The first-order chi connectivity index (χ1) is 9.86. The van der Waals surface area contributed by atoms with Crippen molar-refractivity contribution < 1.29 is 13.9 Å². The molecule has 1 N–H and O–H groups in total. The van der Waals surface area contributed by atoms with Gasteiger partial charge in [0.1, 0.15) is 5.76 Å². The molecule has 1 aromatic heterocycles. The van der Waals surface area contributed by atoms with Gasteiger partial charge in [-0.05, 0) is 50.8 Å². The van der Waals surface area contributed by atoms with Crippen LogP contribution in [-0.4, -0.2) is 38.0 Å². The first kappa shape index (κ1) is 14.1. The minimum Gasteiger partial charge on any atom is -0.469 e. The van der Waals surface area contributed by atoms with Crippen molar-refractivity contribution in [2.24, 2.45) is 0 Å². The van der Waals surface area contributed by atoms with Crippen molar-refractivity contribution in [3.63, 3.8) is 0 Å². The van der Waals surface area contributed by atoms with Crippen LogP contribution >= 0.6 is 0 Å². The van der Waals surface area contributed by atoms with E-state index in [-0.39, 0.29) is 5.60 Å². The van der Waals surface area contributed by atoms with Crippen LogP contribution in [0.25, 0.3) is 0 Å². The summed E-state index contributed by atoms with van der Waals surface area (Å²) in [6.07, 6.45) is 8.26. The number of aryl methyl sites for hydroxylation is 1. The Kier molecular flexibility index (Phi) is 4.76. The van der Waals surface area contributed by atoms with Gasteiger partial charge in [0.2, 0.25) is 0 Å². The van der Waals surface area contributed by atoms with E-state index in [0.29, 0.717) is 6.04 Å². The molecule has 2 fully saturated rings. The molecule has 0 amide bonds. The number of hydrogen-bond acceptors (Lipinski definition) is 4. The third-order valence-corrected chi connectivity index (χ3v) is 4.51. The summed E-state index contributed by atoms with van der Waals surface area (Å²) in [6, 6.07) is 4.60. The fourth-order valence-electron chi connectivity index (χ4n) is 3.32. The maximum absolute atomic E-state index is 6.07. The second-order valence-corrected chi connectivity index (χ2v) is 5.97. The second kappa shape index (κ2) is 6.74. The lowest BCUT2D eigenvalue weighted by Gasteiger charge is -2.43. The van der Waals surface area contributed by atoms with E-state index in [1.165, 1.54) is 0 Å². The number of ether oxygens (including phenoxy) is 2. The molecule has 20 heavy (non-hydrogen) atoms. The molecule has 4 nitrogen and oxygen atoms in total. The standard InChI is InChI=1S/C16H25NO3/c1(3-15-4-2-9-19-15)8-17-14-5-10-20-16(13-14)6-11-18-12-7-16/h2,4,9,14,17H,1,3,5-8,10-13H2/t14-/m1/s1. The van der Waals surface area contributed by atoms with Crippen molar-refractivity contribution in [3.8, 4) is 0 Å². The largest absolute Gasteiger partial charge is 0.469 e. The Morgan fingerprint density at radius 3 is 2.95 bits per heavy atom. The zero-order valence-electron chi connectivity index (χ0n) is 12.1. The maximum atomic E-state index is 6.07. The number of furan rings is 1. The van der Waals surface area contributed by atoms with Crippen LogP contribution in [0.5, 0.6) is 0 Å². The van der Waals surface area contributed by atoms with E-state index in [1.54, 1.807) is 6.26 Å². The van der Waals surface area contributed by atoms with Gasteiger partial charge in [-0.2, -0.15) is 0 Å². The Morgan fingerprint density at radius 2 is 2.15 bits per heavy atom. The first-order valence-electron chi connectivity index (χ1n) is 7.84. The molecule has 1 spiro atoms.